The summed E-state index contributed by atoms with van der Waals surface area (Å²) >= 11 is 1.23. The summed E-state index contributed by atoms with van der Waals surface area (Å²) in [6, 6.07) is 13.2. The van der Waals surface area contributed by atoms with Crippen LogP contribution < -0.4 is 5.32 Å². The molecule has 1 aliphatic rings. The quantitative estimate of drug-likeness (QED) is 0.273. The van der Waals surface area contributed by atoms with E-state index in [4.69, 9.17) is 9.15 Å². The van der Waals surface area contributed by atoms with Crippen molar-refractivity contribution in [3.05, 3.63) is 60.1 Å². The lowest BCUT2D eigenvalue weighted by molar-refractivity contribution is -0.113. The molecule has 1 saturated heterocycles. The zero-order chi connectivity index (χ0) is 24.4. The second kappa shape index (κ2) is 10.0. The summed E-state index contributed by atoms with van der Waals surface area (Å²) in [4.78, 5) is 24.9. The van der Waals surface area contributed by atoms with Crippen molar-refractivity contribution in [2.24, 2.45) is 0 Å². The number of furan rings is 1. The van der Waals surface area contributed by atoms with Gasteiger partial charge < -0.3 is 14.5 Å². The first-order valence-electron chi connectivity index (χ1n) is 11.3. The Morgan fingerprint density at radius 3 is 2.71 bits per heavy atom. The van der Waals surface area contributed by atoms with Gasteiger partial charge in [-0.3, -0.25) is 14.2 Å². The summed E-state index contributed by atoms with van der Waals surface area (Å²) in [5.74, 6) is -0.164. The smallest absolute Gasteiger partial charge is 0.234 e. The Labute approximate surface area is 204 Å². The minimum Gasteiger partial charge on any atom is -0.451 e. The van der Waals surface area contributed by atoms with Crippen LogP contribution in [-0.4, -0.2) is 44.9 Å². The largest absolute Gasteiger partial charge is 0.451 e. The van der Waals surface area contributed by atoms with Crippen molar-refractivity contribution in [3.8, 4) is 11.4 Å². The summed E-state index contributed by atoms with van der Waals surface area (Å²) in [5.41, 5.74) is 1.62. The fraction of sp³-hybridized carbons (Fsp3) is 0.280. The van der Waals surface area contributed by atoms with Crippen LogP contribution in [-0.2, 0) is 16.1 Å². The molecule has 3 heterocycles. The standard InChI is InChI=1S/C25H23FN4O4S/c1-15(31)23-22(19-6-2-3-7-20(19)34-23)27-21(32)14-35-25-29-28-24(16-8-10-17(26)11-9-16)30(25)13-18-5-4-12-33-18/h2-3,6-11,18H,4-5,12-14H2,1H3,(H,27,32)/t18-/m0/s1. The number of benzene rings is 2. The molecule has 8 nitrogen and oxygen atoms in total. The molecule has 1 fully saturated rings. The molecule has 1 N–H and O–H groups in total. The normalized spacial score (nSPS) is 15.5. The molecule has 35 heavy (non-hydrogen) atoms. The fourth-order valence-electron chi connectivity index (χ4n) is 4.09. The van der Waals surface area contributed by atoms with Crippen molar-refractivity contribution in [1.29, 1.82) is 0 Å². The van der Waals surface area contributed by atoms with E-state index in [2.05, 4.69) is 15.5 Å². The molecule has 2 aromatic carbocycles. The van der Waals surface area contributed by atoms with Crippen molar-refractivity contribution >= 4 is 40.1 Å². The summed E-state index contributed by atoms with van der Waals surface area (Å²) in [6.45, 7) is 2.64. The molecule has 180 valence electrons. The maximum atomic E-state index is 13.4. The fourth-order valence-corrected chi connectivity index (χ4v) is 4.84. The summed E-state index contributed by atoms with van der Waals surface area (Å²) in [7, 11) is 0. The number of hydrogen-bond donors (Lipinski definition) is 1. The number of nitrogens with one attached hydrogen (secondary N) is 1. The molecule has 0 saturated carbocycles. The number of amides is 1. The summed E-state index contributed by atoms with van der Waals surface area (Å²) in [6.07, 6.45) is 1.93. The second-order valence-electron chi connectivity index (χ2n) is 8.25. The lowest BCUT2D eigenvalue weighted by Crippen LogP contribution is -2.18. The number of Topliss-reactive ketones (excluding diaryl/α,β-unsaturated/α-hetero) is 1. The van der Waals surface area contributed by atoms with E-state index in [1.807, 2.05) is 10.6 Å². The number of rotatable bonds is 8. The molecule has 0 unspecified atom stereocenters. The van der Waals surface area contributed by atoms with Gasteiger partial charge in [-0.15, -0.1) is 10.2 Å². The molecule has 10 heteroatoms. The topological polar surface area (TPSA) is 99.3 Å². The van der Waals surface area contributed by atoms with Crippen molar-refractivity contribution < 1.29 is 23.1 Å². The number of nitrogens with zero attached hydrogens (tertiary/aromatic N) is 3. The third kappa shape index (κ3) is 4.98. The van der Waals surface area contributed by atoms with Crippen LogP contribution in [0, 0.1) is 5.82 Å². The van der Waals surface area contributed by atoms with Gasteiger partial charge in [-0.05, 0) is 49.2 Å². The number of hydrogen-bond acceptors (Lipinski definition) is 7. The lowest BCUT2D eigenvalue weighted by Gasteiger charge is -2.14. The minimum absolute atomic E-state index is 0.0220. The van der Waals surface area contributed by atoms with E-state index in [1.54, 1.807) is 30.3 Å². The number of fused-ring (bicyclic) bond motifs is 1. The maximum absolute atomic E-state index is 13.4. The van der Waals surface area contributed by atoms with E-state index in [0.29, 0.717) is 40.8 Å². The number of carbonyl (C=O) groups excluding carboxylic acids is 2. The molecule has 0 spiro atoms. The Bertz CT molecular complexity index is 1380. The monoisotopic (exact) mass is 494 g/mol. The van der Waals surface area contributed by atoms with E-state index in [1.165, 1.54) is 30.8 Å². The van der Waals surface area contributed by atoms with Gasteiger partial charge in [0.15, 0.2) is 22.5 Å². The number of thioether (sulfide) groups is 1. The van der Waals surface area contributed by atoms with E-state index < -0.39 is 0 Å². The van der Waals surface area contributed by atoms with Gasteiger partial charge in [-0.1, -0.05) is 23.9 Å². The third-order valence-electron chi connectivity index (χ3n) is 5.74. The Morgan fingerprint density at radius 2 is 1.97 bits per heavy atom. The van der Waals surface area contributed by atoms with Crippen LogP contribution in [0.5, 0.6) is 0 Å². The second-order valence-corrected chi connectivity index (χ2v) is 9.20. The molecular formula is C25H23FN4O4S. The van der Waals surface area contributed by atoms with Crippen LogP contribution in [0.4, 0.5) is 10.1 Å². The lowest BCUT2D eigenvalue weighted by atomic mass is 10.2. The van der Waals surface area contributed by atoms with Crippen LogP contribution in [0.15, 0.2) is 58.1 Å². The number of carbonyl (C=O) groups is 2. The predicted molar refractivity (Wildman–Crippen MR) is 130 cm³/mol. The first-order chi connectivity index (χ1) is 17.0. The maximum Gasteiger partial charge on any atom is 0.234 e. The highest BCUT2D eigenvalue weighted by Gasteiger charge is 2.23. The molecule has 0 bridgehead atoms. The molecule has 1 amide bonds. The average molecular weight is 495 g/mol. The molecular weight excluding hydrogens is 471 g/mol. The third-order valence-corrected chi connectivity index (χ3v) is 6.71. The number of ether oxygens (including phenoxy) is 1. The zero-order valence-electron chi connectivity index (χ0n) is 19.0. The Balaban J connectivity index is 1.36. The van der Waals surface area contributed by atoms with E-state index in [0.717, 1.165) is 18.4 Å². The Hall–Kier alpha value is -3.50. The van der Waals surface area contributed by atoms with Crippen LogP contribution in [0.1, 0.15) is 30.3 Å². The van der Waals surface area contributed by atoms with Crippen LogP contribution in [0.3, 0.4) is 0 Å². The minimum atomic E-state index is -0.332. The molecule has 1 aliphatic heterocycles. The van der Waals surface area contributed by atoms with Gasteiger partial charge in [0.05, 0.1) is 24.1 Å². The molecule has 0 radical (unpaired) electrons. The Morgan fingerprint density at radius 1 is 1.17 bits per heavy atom. The average Bonchev–Trinajstić information content (AvgIpc) is 3.59. The predicted octanol–water partition coefficient (Wildman–Crippen LogP) is 4.94. The van der Waals surface area contributed by atoms with E-state index in [-0.39, 0.29) is 35.1 Å². The van der Waals surface area contributed by atoms with Gasteiger partial charge in [0, 0.05) is 24.5 Å². The molecule has 0 aliphatic carbocycles. The number of aromatic nitrogens is 3. The Kier molecular flexibility index (Phi) is 6.65. The van der Waals surface area contributed by atoms with Gasteiger partial charge in [0.25, 0.3) is 0 Å². The molecule has 2 aromatic heterocycles. The number of para-hydroxylation sites is 1. The van der Waals surface area contributed by atoms with Gasteiger partial charge in [0.2, 0.25) is 5.91 Å². The summed E-state index contributed by atoms with van der Waals surface area (Å²) < 4.78 is 26.8. The van der Waals surface area contributed by atoms with Crippen LogP contribution >= 0.6 is 11.8 Å². The van der Waals surface area contributed by atoms with E-state index >= 15 is 0 Å². The SMILES string of the molecule is CC(=O)c1oc2ccccc2c1NC(=O)CSc1nnc(-c2ccc(F)cc2)n1C[C@@H]1CCCO1. The number of halogens is 1. The highest BCUT2D eigenvalue weighted by molar-refractivity contribution is 7.99. The highest BCUT2D eigenvalue weighted by atomic mass is 32.2. The van der Waals surface area contributed by atoms with Crippen molar-refractivity contribution in [1.82, 2.24) is 14.8 Å². The van der Waals surface area contributed by atoms with Crippen LogP contribution in [0.2, 0.25) is 0 Å². The highest BCUT2D eigenvalue weighted by Crippen LogP contribution is 2.32. The summed E-state index contributed by atoms with van der Waals surface area (Å²) in [5, 5.41) is 12.7. The van der Waals surface area contributed by atoms with Crippen LogP contribution in [0.25, 0.3) is 22.4 Å². The number of ketones is 1. The molecule has 1 atom stereocenters. The van der Waals surface area contributed by atoms with Gasteiger partial charge in [-0.2, -0.15) is 0 Å². The first kappa shape index (κ1) is 23.3. The molecule has 4 aromatic rings. The molecule has 5 rings (SSSR count). The first-order valence-corrected chi connectivity index (χ1v) is 12.2. The van der Waals surface area contributed by atoms with E-state index in [9.17, 15) is 14.0 Å². The zero-order valence-corrected chi connectivity index (χ0v) is 19.8. The van der Waals surface area contributed by atoms with Gasteiger partial charge in [-0.25, -0.2) is 4.39 Å². The van der Waals surface area contributed by atoms with Crippen molar-refractivity contribution in [3.63, 3.8) is 0 Å². The van der Waals surface area contributed by atoms with Gasteiger partial charge in [0.1, 0.15) is 11.4 Å². The number of anilines is 1. The van der Waals surface area contributed by atoms with Crippen molar-refractivity contribution in [2.75, 3.05) is 17.7 Å². The van der Waals surface area contributed by atoms with Crippen molar-refractivity contribution in [2.45, 2.75) is 37.6 Å². The van der Waals surface area contributed by atoms with Gasteiger partial charge >= 0.3 is 0 Å².